The summed E-state index contributed by atoms with van der Waals surface area (Å²) >= 11 is 0. The van der Waals surface area contributed by atoms with Crippen molar-refractivity contribution in [1.29, 1.82) is 0 Å². The maximum absolute atomic E-state index is 12.0. The molecule has 1 amide bonds. The first kappa shape index (κ1) is 15.0. The van der Waals surface area contributed by atoms with Gasteiger partial charge in [0.2, 0.25) is 0 Å². The zero-order valence-corrected chi connectivity index (χ0v) is 12.8. The molecule has 1 aromatic heterocycles. The Kier molecular flexibility index (Phi) is 4.21. The monoisotopic (exact) mass is 284 g/mol. The molecule has 1 aromatic carbocycles. The highest BCUT2D eigenvalue weighted by Gasteiger charge is 2.17. The molecule has 21 heavy (non-hydrogen) atoms. The van der Waals surface area contributed by atoms with Crippen molar-refractivity contribution in [2.75, 3.05) is 11.9 Å². The molecule has 0 aliphatic carbocycles. The van der Waals surface area contributed by atoms with Gasteiger partial charge in [0.1, 0.15) is 5.69 Å². The molecule has 0 atom stereocenters. The standard InChI is InChI=1S/C16H20N4O/c1-16(2,3)19-15(21)13-10-18-14(11-17-13)20(4)12-8-6-5-7-9-12/h5-11H,1-4H3,(H,19,21). The Morgan fingerprint density at radius 2 is 1.76 bits per heavy atom. The summed E-state index contributed by atoms with van der Waals surface area (Å²) in [6.45, 7) is 5.78. The first-order chi connectivity index (χ1) is 9.87. The lowest BCUT2D eigenvalue weighted by atomic mass is 10.1. The summed E-state index contributed by atoms with van der Waals surface area (Å²) < 4.78 is 0. The minimum Gasteiger partial charge on any atom is -0.346 e. The normalized spacial score (nSPS) is 11.0. The van der Waals surface area contributed by atoms with Crippen LogP contribution < -0.4 is 10.2 Å². The van der Waals surface area contributed by atoms with E-state index in [1.54, 1.807) is 6.20 Å². The second kappa shape index (κ2) is 5.91. The predicted octanol–water partition coefficient (Wildman–Crippen LogP) is 2.77. The number of hydrogen-bond donors (Lipinski definition) is 1. The van der Waals surface area contributed by atoms with E-state index in [9.17, 15) is 4.79 Å². The van der Waals surface area contributed by atoms with Crippen molar-refractivity contribution >= 4 is 17.4 Å². The van der Waals surface area contributed by atoms with E-state index in [0.29, 0.717) is 11.5 Å². The van der Waals surface area contributed by atoms with Crippen LogP contribution in [0.3, 0.4) is 0 Å². The van der Waals surface area contributed by atoms with E-state index in [4.69, 9.17) is 0 Å². The number of hydrogen-bond acceptors (Lipinski definition) is 4. The molecule has 0 bridgehead atoms. The number of rotatable bonds is 3. The maximum Gasteiger partial charge on any atom is 0.271 e. The number of nitrogens with one attached hydrogen (secondary N) is 1. The number of nitrogens with zero attached hydrogens (tertiary/aromatic N) is 3. The molecule has 1 N–H and O–H groups in total. The molecule has 0 aliphatic heterocycles. The van der Waals surface area contributed by atoms with Gasteiger partial charge in [0.25, 0.3) is 5.91 Å². The van der Waals surface area contributed by atoms with Crippen LogP contribution in [0.15, 0.2) is 42.7 Å². The van der Waals surface area contributed by atoms with E-state index in [1.807, 2.05) is 63.1 Å². The highest BCUT2D eigenvalue weighted by atomic mass is 16.2. The lowest BCUT2D eigenvalue weighted by molar-refractivity contribution is 0.0914. The van der Waals surface area contributed by atoms with Gasteiger partial charge in [-0.2, -0.15) is 0 Å². The highest BCUT2D eigenvalue weighted by molar-refractivity contribution is 5.92. The maximum atomic E-state index is 12.0. The van der Waals surface area contributed by atoms with Gasteiger partial charge in [-0.05, 0) is 32.9 Å². The largest absolute Gasteiger partial charge is 0.346 e. The Labute approximate surface area is 125 Å². The van der Waals surface area contributed by atoms with Crippen molar-refractivity contribution in [3.8, 4) is 0 Å². The third-order valence-electron chi connectivity index (χ3n) is 2.85. The predicted molar refractivity (Wildman–Crippen MR) is 83.8 cm³/mol. The summed E-state index contributed by atoms with van der Waals surface area (Å²) in [5, 5.41) is 2.86. The van der Waals surface area contributed by atoms with E-state index < -0.39 is 0 Å². The molecule has 0 saturated heterocycles. The van der Waals surface area contributed by atoms with Gasteiger partial charge in [-0.15, -0.1) is 0 Å². The number of amides is 1. The van der Waals surface area contributed by atoms with Crippen LogP contribution in [0, 0.1) is 0 Å². The molecule has 0 spiro atoms. The van der Waals surface area contributed by atoms with Gasteiger partial charge in [-0.25, -0.2) is 9.97 Å². The van der Waals surface area contributed by atoms with Gasteiger partial charge in [0.05, 0.1) is 12.4 Å². The first-order valence-electron chi connectivity index (χ1n) is 6.80. The van der Waals surface area contributed by atoms with Gasteiger partial charge in [0.15, 0.2) is 5.82 Å². The van der Waals surface area contributed by atoms with E-state index in [1.165, 1.54) is 6.20 Å². The van der Waals surface area contributed by atoms with Gasteiger partial charge in [0, 0.05) is 18.3 Å². The summed E-state index contributed by atoms with van der Waals surface area (Å²) in [6.07, 6.45) is 3.10. The van der Waals surface area contributed by atoms with Crippen molar-refractivity contribution in [1.82, 2.24) is 15.3 Å². The summed E-state index contributed by atoms with van der Waals surface area (Å²) in [7, 11) is 1.91. The van der Waals surface area contributed by atoms with E-state index in [0.717, 1.165) is 5.69 Å². The minimum absolute atomic E-state index is 0.219. The summed E-state index contributed by atoms with van der Waals surface area (Å²) in [5.41, 5.74) is 1.03. The van der Waals surface area contributed by atoms with Crippen LogP contribution in [-0.4, -0.2) is 28.5 Å². The fourth-order valence-corrected chi connectivity index (χ4v) is 1.80. The van der Waals surface area contributed by atoms with Crippen LogP contribution in [0.4, 0.5) is 11.5 Å². The molecule has 5 nitrogen and oxygen atoms in total. The zero-order chi connectivity index (χ0) is 15.5. The molecule has 2 aromatic rings. The van der Waals surface area contributed by atoms with Crippen LogP contribution in [-0.2, 0) is 0 Å². The number of benzene rings is 1. The van der Waals surface area contributed by atoms with Crippen molar-refractivity contribution in [2.45, 2.75) is 26.3 Å². The molecular weight excluding hydrogens is 264 g/mol. The third-order valence-corrected chi connectivity index (χ3v) is 2.85. The molecule has 0 aliphatic rings. The quantitative estimate of drug-likeness (QED) is 0.941. The summed E-state index contributed by atoms with van der Waals surface area (Å²) in [4.78, 5) is 22.4. The lowest BCUT2D eigenvalue weighted by Gasteiger charge is -2.20. The fourth-order valence-electron chi connectivity index (χ4n) is 1.80. The molecule has 1 heterocycles. The average molecular weight is 284 g/mol. The van der Waals surface area contributed by atoms with Gasteiger partial charge >= 0.3 is 0 Å². The Morgan fingerprint density at radius 1 is 1.10 bits per heavy atom. The molecule has 2 rings (SSSR count). The molecule has 0 radical (unpaired) electrons. The molecule has 0 fully saturated rings. The van der Waals surface area contributed by atoms with Crippen LogP contribution in [0.2, 0.25) is 0 Å². The fraction of sp³-hybridized carbons (Fsp3) is 0.312. The third kappa shape index (κ3) is 4.02. The Balaban J connectivity index is 2.14. The van der Waals surface area contributed by atoms with Crippen LogP contribution in [0.5, 0.6) is 0 Å². The Bertz CT molecular complexity index is 602. The van der Waals surface area contributed by atoms with Gasteiger partial charge < -0.3 is 10.2 Å². The number of carbonyl (C=O) groups excluding carboxylic acids is 1. The number of carbonyl (C=O) groups is 1. The minimum atomic E-state index is -0.293. The molecule has 0 unspecified atom stereocenters. The van der Waals surface area contributed by atoms with Crippen LogP contribution >= 0.6 is 0 Å². The van der Waals surface area contributed by atoms with E-state index in [-0.39, 0.29) is 11.4 Å². The van der Waals surface area contributed by atoms with Crippen molar-refractivity contribution in [3.63, 3.8) is 0 Å². The Morgan fingerprint density at radius 3 is 2.29 bits per heavy atom. The van der Waals surface area contributed by atoms with Crippen molar-refractivity contribution in [3.05, 3.63) is 48.4 Å². The van der Waals surface area contributed by atoms with Gasteiger partial charge in [-0.3, -0.25) is 4.79 Å². The zero-order valence-electron chi connectivity index (χ0n) is 12.8. The average Bonchev–Trinajstić information content (AvgIpc) is 2.46. The van der Waals surface area contributed by atoms with Crippen LogP contribution in [0.1, 0.15) is 31.3 Å². The van der Waals surface area contributed by atoms with E-state index >= 15 is 0 Å². The topological polar surface area (TPSA) is 58.1 Å². The lowest BCUT2D eigenvalue weighted by Crippen LogP contribution is -2.41. The Hall–Kier alpha value is -2.43. The van der Waals surface area contributed by atoms with Crippen LogP contribution in [0.25, 0.3) is 0 Å². The molecular formula is C16H20N4O. The smallest absolute Gasteiger partial charge is 0.271 e. The van der Waals surface area contributed by atoms with Gasteiger partial charge in [-0.1, -0.05) is 18.2 Å². The molecule has 0 saturated carbocycles. The molecule has 5 heteroatoms. The number of para-hydroxylation sites is 1. The summed E-state index contributed by atoms with van der Waals surface area (Å²) in [6, 6.07) is 9.86. The summed E-state index contributed by atoms with van der Waals surface area (Å²) in [5.74, 6) is 0.470. The SMILES string of the molecule is CN(c1ccccc1)c1cnc(C(=O)NC(C)(C)C)cn1. The van der Waals surface area contributed by atoms with E-state index in [2.05, 4.69) is 15.3 Å². The van der Waals surface area contributed by atoms with Crippen molar-refractivity contribution < 1.29 is 4.79 Å². The number of aromatic nitrogens is 2. The highest BCUT2D eigenvalue weighted by Crippen LogP contribution is 2.19. The number of anilines is 2. The molecule has 110 valence electrons. The van der Waals surface area contributed by atoms with Crippen molar-refractivity contribution in [2.24, 2.45) is 0 Å². The second-order valence-electron chi connectivity index (χ2n) is 5.86. The first-order valence-corrected chi connectivity index (χ1v) is 6.80. The second-order valence-corrected chi connectivity index (χ2v) is 5.86.